The molecule has 3 saturated carbocycles. The second kappa shape index (κ2) is 14.2. The van der Waals surface area contributed by atoms with Crippen molar-refractivity contribution >= 4 is 41.1 Å². The minimum atomic E-state index is -1.99. The summed E-state index contributed by atoms with van der Waals surface area (Å²) < 4.78 is 10.3. The Morgan fingerprint density at radius 1 is 1.17 bits per heavy atom. The number of aliphatic hydroxyl groups is 2. The van der Waals surface area contributed by atoms with Gasteiger partial charge in [-0.1, -0.05) is 32.4 Å². The summed E-state index contributed by atoms with van der Waals surface area (Å²) in [7, 11) is 0. The summed E-state index contributed by atoms with van der Waals surface area (Å²) in [5.74, 6) is -4.88. The van der Waals surface area contributed by atoms with E-state index in [-0.39, 0.29) is 50.1 Å². The molecular weight excluding hydrogens is 656 g/mol. The van der Waals surface area contributed by atoms with Crippen molar-refractivity contribution in [1.82, 2.24) is 5.48 Å². The van der Waals surface area contributed by atoms with Gasteiger partial charge in [-0.15, -0.1) is 27.2 Å². The van der Waals surface area contributed by atoms with E-state index in [9.17, 15) is 44.3 Å². The minimum absolute atomic E-state index is 0.0127. The predicted molar refractivity (Wildman–Crippen MR) is 165 cm³/mol. The zero-order chi connectivity index (χ0) is 35.7. The van der Waals surface area contributed by atoms with Gasteiger partial charge in [-0.25, -0.2) is 0 Å². The molecule has 4 aliphatic carbocycles. The molecular formula is C32H43ClN2O13. The zero-order valence-corrected chi connectivity index (χ0v) is 28.2. The summed E-state index contributed by atoms with van der Waals surface area (Å²) in [5.41, 5.74) is -0.935. The molecule has 0 aliphatic heterocycles. The van der Waals surface area contributed by atoms with Crippen LogP contribution >= 0.6 is 11.6 Å². The fraction of sp³-hybridized carbons (Fsp3) is 0.719. The Labute approximate surface area is 282 Å². The summed E-state index contributed by atoms with van der Waals surface area (Å²) in [6, 6.07) is -1.50. The lowest BCUT2D eigenvalue weighted by Gasteiger charge is -2.63. The summed E-state index contributed by atoms with van der Waals surface area (Å²) in [5, 5.41) is 33.2. The number of halogens is 1. The molecule has 266 valence electrons. The quantitative estimate of drug-likeness (QED) is 0.0591. The number of hydroxylamine groups is 1. The molecule has 0 bridgehead atoms. The van der Waals surface area contributed by atoms with Gasteiger partial charge >= 0.3 is 17.9 Å². The number of Topliss-reactive ketones (excluding diaryl/α,β-unsaturated/α-hetero) is 1. The second-order valence-corrected chi connectivity index (χ2v) is 14.3. The Morgan fingerprint density at radius 2 is 1.85 bits per heavy atom. The number of allylic oxidation sites excluding steroid dienone is 4. The summed E-state index contributed by atoms with van der Waals surface area (Å²) in [4.78, 5) is 80.5. The molecule has 0 amide bonds. The third kappa shape index (κ3) is 6.61. The number of esters is 2. The molecule has 3 fully saturated rings. The van der Waals surface area contributed by atoms with E-state index in [1.54, 1.807) is 26.0 Å². The number of ketones is 2. The smallest absolute Gasteiger partial charge is 0.327 e. The van der Waals surface area contributed by atoms with Gasteiger partial charge < -0.3 is 29.4 Å². The van der Waals surface area contributed by atoms with Crippen LogP contribution in [0.4, 0.5) is 0 Å². The van der Waals surface area contributed by atoms with Crippen molar-refractivity contribution in [2.45, 2.75) is 95.3 Å². The number of aliphatic hydroxyl groups excluding tert-OH is 1. The van der Waals surface area contributed by atoms with Crippen LogP contribution in [0.15, 0.2) is 23.8 Å². The predicted octanol–water partition coefficient (Wildman–Crippen LogP) is 2.07. The van der Waals surface area contributed by atoms with Crippen LogP contribution < -0.4 is 5.48 Å². The third-order valence-electron chi connectivity index (χ3n) is 11.0. The van der Waals surface area contributed by atoms with Gasteiger partial charge in [0.25, 0.3) is 5.09 Å². The maximum Gasteiger partial charge on any atom is 0.327 e. The summed E-state index contributed by atoms with van der Waals surface area (Å²) in [6.07, 6.45) is 4.92. The highest BCUT2D eigenvalue weighted by atomic mass is 35.5. The van der Waals surface area contributed by atoms with E-state index in [4.69, 9.17) is 21.1 Å². The third-order valence-corrected chi connectivity index (χ3v) is 11.9. The fourth-order valence-corrected chi connectivity index (χ4v) is 9.09. The first kappa shape index (κ1) is 37.4. The van der Waals surface area contributed by atoms with Crippen molar-refractivity contribution in [1.29, 1.82) is 0 Å². The number of rotatable bonds is 14. The number of ether oxygens (including phenoxy) is 2. The highest BCUT2D eigenvalue weighted by Gasteiger charge is 2.74. The Bertz CT molecular complexity index is 1400. The Balaban J connectivity index is 1.42. The standard InChI is InChI=1S/C32H43ClN2O13/c1-18-13-23-22-8-7-20-14-21(37)9-10-29(20,3)31(22,33)25(38)16-30(23,4)32(18,42)26(39)17-46-27(40)15-24(34-48-19(2)36)28(41)45-11-5-6-12-47-35(43)44/h9-10,14,18,22-25,34,38,42H,5-8,11-13,15-17H2,1-4H3/t18-,22?,23?,24?,25-,29-,30-,31-,32-/m0/s1. The number of fused-ring (bicyclic) bond motifs is 5. The van der Waals surface area contributed by atoms with E-state index in [1.807, 2.05) is 6.92 Å². The van der Waals surface area contributed by atoms with Gasteiger partial charge in [0.15, 0.2) is 18.4 Å². The van der Waals surface area contributed by atoms with Crippen LogP contribution in [0.1, 0.15) is 72.6 Å². The molecule has 15 nitrogen and oxygen atoms in total. The Morgan fingerprint density at radius 3 is 2.52 bits per heavy atom. The molecule has 0 saturated heterocycles. The minimum Gasteiger partial charge on any atom is -0.464 e. The Kier molecular flexibility index (Phi) is 11.1. The maximum atomic E-state index is 13.8. The SMILES string of the molecule is CC(=O)ONC(CC(=O)OCC(=O)[C@@]1(O)[C@@H](C)CC2C3CCC4=CC(=O)C=C[C@]4(C)[C@@]3(Cl)[C@@H](O)C[C@@]21C)C(=O)OCCCCO[N+](=O)[O-]. The van der Waals surface area contributed by atoms with E-state index in [2.05, 4.69) is 15.2 Å². The van der Waals surface area contributed by atoms with Crippen molar-refractivity contribution in [3.63, 3.8) is 0 Å². The van der Waals surface area contributed by atoms with Crippen LogP contribution in [0.25, 0.3) is 0 Å². The van der Waals surface area contributed by atoms with E-state index in [0.29, 0.717) is 19.3 Å². The highest BCUT2D eigenvalue weighted by molar-refractivity contribution is 6.26. The van der Waals surface area contributed by atoms with Gasteiger partial charge in [0, 0.05) is 17.8 Å². The molecule has 3 unspecified atom stereocenters. The number of carbonyl (C=O) groups excluding carboxylic acids is 5. The molecule has 4 rings (SSSR count). The lowest BCUT2D eigenvalue weighted by Crippen LogP contribution is -2.69. The van der Waals surface area contributed by atoms with Crippen LogP contribution in [0.3, 0.4) is 0 Å². The monoisotopic (exact) mass is 698 g/mol. The summed E-state index contributed by atoms with van der Waals surface area (Å²) >= 11 is 7.43. The van der Waals surface area contributed by atoms with Gasteiger partial charge in [0.05, 0.1) is 30.6 Å². The topological polar surface area (TPSA) is 218 Å². The summed E-state index contributed by atoms with van der Waals surface area (Å²) in [6.45, 7) is 5.27. The zero-order valence-electron chi connectivity index (χ0n) is 27.4. The number of carbonyl (C=O) groups is 5. The first-order valence-corrected chi connectivity index (χ1v) is 16.4. The van der Waals surface area contributed by atoms with Gasteiger partial charge in [0.2, 0.25) is 5.78 Å². The van der Waals surface area contributed by atoms with E-state index in [1.165, 1.54) is 6.08 Å². The number of unbranched alkanes of at least 4 members (excludes halogenated alkanes) is 1. The largest absolute Gasteiger partial charge is 0.464 e. The van der Waals surface area contributed by atoms with Crippen molar-refractivity contribution < 1.29 is 58.4 Å². The highest BCUT2D eigenvalue weighted by Crippen LogP contribution is 2.71. The van der Waals surface area contributed by atoms with Crippen LogP contribution in [-0.4, -0.2) is 87.2 Å². The van der Waals surface area contributed by atoms with Crippen molar-refractivity contribution in [3.8, 4) is 0 Å². The lowest BCUT2D eigenvalue weighted by molar-refractivity contribution is -0.757. The van der Waals surface area contributed by atoms with Crippen molar-refractivity contribution in [2.24, 2.45) is 28.6 Å². The van der Waals surface area contributed by atoms with Gasteiger partial charge in [-0.05, 0) is 68.4 Å². The van der Waals surface area contributed by atoms with Crippen LogP contribution in [0.5, 0.6) is 0 Å². The number of nitrogens with zero attached hydrogens (tertiary/aromatic N) is 1. The first-order chi connectivity index (χ1) is 22.4. The molecule has 4 aliphatic rings. The van der Waals surface area contributed by atoms with Crippen LogP contribution in [-0.2, 0) is 43.1 Å². The van der Waals surface area contributed by atoms with Crippen molar-refractivity contribution in [2.75, 3.05) is 19.8 Å². The van der Waals surface area contributed by atoms with E-state index < -0.39 is 81.2 Å². The van der Waals surface area contributed by atoms with E-state index >= 15 is 0 Å². The molecule has 16 heteroatoms. The molecule has 0 aromatic heterocycles. The molecule has 0 heterocycles. The van der Waals surface area contributed by atoms with Gasteiger partial charge in [-0.2, -0.15) is 0 Å². The molecule has 3 N–H and O–H groups in total. The molecule has 9 atom stereocenters. The van der Waals surface area contributed by atoms with Crippen molar-refractivity contribution in [3.05, 3.63) is 33.9 Å². The van der Waals surface area contributed by atoms with E-state index in [0.717, 1.165) is 12.5 Å². The van der Waals surface area contributed by atoms with Crippen LogP contribution in [0, 0.1) is 38.7 Å². The molecule has 0 aromatic carbocycles. The first-order valence-electron chi connectivity index (χ1n) is 16.0. The Hall–Kier alpha value is -3.40. The number of hydrogen-bond acceptors (Lipinski definition) is 14. The average molecular weight is 699 g/mol. The number of alkyl halides is 1. The molecule has 0 spiro atoms. The molecule has 48 heavy (non-hydrogen) atoms. The maximum absolute atomic E-state index is 13.8. The van der Waals surface area contributed by atoms with Gasteiger partial charge in [-0.3, -0.25) is 24.0 Å². The number of nitrogens with one attached hydrogen (secondary N) is 1. The normalized spacial score (nSPS) is 35.6. The number of hydrogen-bond donors (Lipinski definition) is 3. The molecule has 0 aromatic rings. The van der Waals surface area contributed by atoms with Gasteiger partial charge in [0.1, 0.15) is 5.60 Å². The molecule has 0 radical (unpaired) electrons. The fourth-order valence-electron chi connectivity index (χ4n) is 8.57. The van der Waals surface area contributed by atoms with Crippen LogP contribution in [0.2, 0.25) is 0 Å². The second-order valence-electron chi connectivity index (χ2n) is 13.7. The lowest BCUT2D eigenvalue weighted by atomic mass is 9.45. The average Bonchev–Trinajstić information content (AvgIpc) is 3.21.